The Morgan fingerprint density at radius 2 is 1.68 bits per heavy atom. The van der Waals surface area contributed by atoms with E-state index in [0.717, 1.165) is 0 Å². The third kappa shape index (κ3) is 3.78. The zero-order valence-electron chi connectivity index (χ0n) is 13.7. The SMILES string of the molecule is N#Cc1c(F)cccc1N1CCN(CC(O)c2ccccc2F)CC1. The second-order valence-corrected chi connectivity index (χ2v) is 6.07. The lowest BCUT2D eigenvalue weighted by Crippen LogP contribution is -2.47. The topological polar surface area (TPSA) is 50.5 Å². The van der Waals surface area contributed by atoms with Crippen molar-refractivity contribution in [1.29, 1.82) is 5.26 Å². The van der Waals surface area contributed by atoms with Crippen molar-refractivity contribution in [1.82, 2.24) is 4.90 Å². The first-order chi connectivity index (χ1) is 12.1. The van der Waals surface area contributed by atoms with E-state index < -0.39 is 17.7 Å². The van der Waals surface area contributed by atoms with Crippen LogP contribution in [0.4, 0.5) is 14.5 Å². The minimum atomic E-state index is -0.892. The van der Waals surface area contributed by atoms with Crippen molar-refractivity contribution in [2.24, 2.45) is 0 Å². The third-order valence-electron chi connectivity index (χ3n) is 4.51. The van der Waals surface area contributed by atoms with E-state index in [9.17, 15) is 13.9 Å². The van der Waals surface area contributed by atoms with Crippen LogP contribution in [-0.4, -0.2) is 42.7 Å². The van der Waals surface area contributed by atoms with Crippen molar-refractivity contribution in [3.05, 3.63) is 65.2 Å². The Morgan fingerprint density at radius 3 is 2.36 bits per heavy atom. The number of halogens is 2. The summed E-state index contributed by atoms with van der Waals surface area (Å²) in [5.74, 6) is -0.926. The fourth-order valence-corrected chi connectivity index (χ4v) is 3.15. The Hall–Kier alpha value is -2.49. The van der Waals surface area contributed by atoms with Gasteiger partial charge in [-0.25, -0.2) is 8.78 Å². The van der Waals surface area contributed by atoms with Gasteiger partial charge in [-0.1, -0.05) is 24.3 Å². The first kappa shape index (κ1) is 17.3. The quantitative estimate of drug-likeness (QED) is 0.927. The molecule has 3 rings (SSSR count). The molecule has 130 valence electrons. The van der Waals surface area contributed by atoms with E-state index in [1.165, 1.54) is 12.1 Å². The molecule has 2 aromatic rings. The number of benzene rings is 2. The van der Waals surface area contributed by atoms with Gasteiger partial charge in [0.25, 0.3) is 0 Å². The van der Waals surface area contributed by atoms with Gasteiger partial charge < -0.3 is 10.0 Å². The second-order valence-electron chi connectivity index (χ2n) is 6.07. The van der Waals surface area contributed by atoms with E-state index in [0.29, 0.717) is 44.0 Å². The molecular weight excluding hydrogens is 324 g/mol. The molecule has 0 bridgehead atoms. The molecule has 0 radical (unpaired) electrons. The summed E-state index contributed by atoms with van der Waals surface area (Å²) < 4.78 is 27.5. The van der Waals surface area contributed by atoms with E-state index in [1.807, 2.05) is 15.9 Å². The second kappa shape index (κ2) is 7.60. The van der Waals surface area contributed by atoms with Crippen LogP contribution in [0, 0.1) is 23.0 Å². The average molecular weight is 343 g/mol. The van der Waals surface area contributed by atoms with Crippen LogP contribution in [0.2, 0.25) is 0 Å². The van der Waals surface area contributed by atoms with Gasteiger partial charge in [0.05, 0.1) is 11.8 Å². The molecule has 2 aromatic carbocycles. The van der Waals surface area contributed by atoms with Crippen LogP contribution >= 0.6 is 0 Å². The summed E-state index contributed by atoms with van der Waals surface area (Å²) in [7, 11) is 0. The molecule has 0 aliphatic carbocycles. The van der Waals surface area contributed by atoms with Crippen LogP contribution in [0.15, 0.2) is 42.5 Å². The van der Waals surface area contributed by atoms with Gasteiger partial charge in [-0.05, 0) is 18.2 Å². The van der Waals surface area contributed by atoms with Crippen molar-refractivity contribution >= 4 is 5.69 Å². The third-order valence-corrected chi connectivity index (χ3v) is 4.51. The molecule has 1 atom stereocenters. The fraction of sp³-hybridized carbons (Fsp3) is 0.316. The highest BCUT2D eigenvalue weighted by Gasteiger charge is 2.23. The summed E-state index contributed by atoms with van der Waals surface area (Å²) in [5.41, 5.74) is 0.945. The summed E-state index contributed by atoms with van der Waals surface area (Å²) in [6.45, 7) is 2.85. The maximum absolute atomic E-state index is 13.8. The highest BCUT2D eigenvalue weighted by Crippen LogP contribution is 2.24. The summed E-state index contributed by atoms with van der Waals surface area (Å²) in [4.78, 5) is 4.01. The van der Waals surface area contributed by atoms with E-state index in [4.69, 9.17) is 5.26 Å². The summed E-state index contributed by atoms with van der Waals surface area (Å²) in [6, 6.07) is 12.8. The van der Waals surface area contributed by atoms with Gasteiger partial charge in [-0.2, -0.15) is 5.26 Å². The number of hydrogen-bond acceptors (Lipinski definition) is 4. The Balaban J connectivity index is 1.62. The molecule has 1 N–H and O–H groups in total. The van der Waals surface area contributed by atoms with E-state index in [1.54, 1.807) is 30.3 Å². The van der Waals surface area contributed by atoms with Crippen molar-refractivity contribution in [3.8, 4) is 6.07 Å². The largest absolute Gasteiger partial charge is 0.387 e. The lowest BCUT2D eigenvalue weighted by atomic mass is 10.1. The van der Waals surface area contributed by atoms with Crippen LogP contribution in [0.25, 0.3) is 0 Å². The molecule has 25 heavy (non-hydrogen) atoms. The van der Waals surface area contributed by atoms with Gasteiger partial charge in [0.2, 0.25) is 0 Å². The number of anilines is 1. The monoisotopic (exact) mass is 343 g/mol. The molecule has 1 saturated heterocycles. The zero-order valence-corrected chi connectivity index (χ0v) is 13.7. The number of piperazine rings is 1. The minimum absolute atomic E-state index is 0.0577. The number of β-amino-alcohol motifs (C(OH)–C–C–N with tert-alkyl or cyclic N) is 1. The molecule has 1 heterocycles. The Bertz CT molecular complexity index is 782. The van der Waals surface area contributed by atoms with Crippen molar-refractivity contribution in [2.45, 2.75) is 6.10 Å². The highest BCUT2D eigenvalue weighted by molar-refractivity contribution is 5.60. The Kier molecular flexibility index (Phi) is 5.27. The Morgan fingerprint density at radius 1 is 1.00 bits per heavy atom. The summed E-state index contributed by atoms with van der Waals surface area (Å²) >= 11 is 0. The Labute approximate surface area is 145 Å². The molecular formula is C19H19F2N3O. The van der Waals surface area contributed by atoms with E-state index >= 15 is 0 Å². The molecule has 0 aromatic heterocycles. The number of hydrogen-bond donors (Lipinski definition) is 1. The van der Waals surface area contributed by atoms with Crippen molar-refractivity contribution in [2.75, 3.05) is 37.6 Å². The number of rotatable bonds is 4. The highest BCUT2D eigenvalue weighted by atomic mass is 19.1. The number of aliphatic hydroxyl groups is 1. The van der Waals surface area contributed by atoms with Crippen LogP contribution in [-0.2, 0) is 0 Å². The van der Waals surface area contributed by atoms with Crippen LogP contribution in [0.5, 0.6) is 0 Å². The predicted molar refractivity (Wildman–Crippen MR) is 91.1 cm³/mol. The van der Waals surface area contributed by atoms with Gasteiger partial charge in [-0.15, -0.1) is 0 Å². The number of nitrogens with zero attached hydrogens (tertiary/aromatic N) is 3. The van der Waals surface area contributed by atoms with Gasteiger partial charge in [0.1, 0.15) is 23.3 Å². The summed E-state index contributed by atoms with van der Waals surface area (Å²) in [6.07, 6.45) is -0.892. The first-order valence-corrected chi connectivity index (χ1v) is 8.18. The lowest BCUT2D eigenvalue weighted by molar-refractivity contribution is 0.106. The summed E-state index contributed by atoms with van der Waals surface area (Å²) in [5, 5.41) is 19.4. The molecule has 1 unspecified atom stereocenters. The fourth-order valence-electron chi connectivity index (χ4n) is 3.15. The van der Waals surface area contributed by atoms with E-state index in [-0.39, 0.29) is 5.56 Å². The molecule has 6 heteroatoms. The normalized spacial score (nSPS) is 16.5. The van der Waals surface area contributed by atoms with Crippen molar-refractivity contribution < 1.29 is 13.9 Å². The molecule has 1 fully saturated rings. The molecule has 0 spiro atoms. The van der Waals surface area contributed by atoms with Crippen LogP contribution in [0.3, 0.4) is 0 Å². The smallest absolute Gasteiger partial charge is 0.143 e. The molecule has 1 aliphatic heterocycles. The van der Waals surface area contributed by atoms with Gasteiger partial charge in [-0.3, -0.25) is 4.90 Å². The van der Waals surface area contributed by atoms with Crippen LogP contribution in [0.1, 0.15) is 17.2 Å². The maximum atomic E-state index is 13.8. The first-order valence-electron chi connectivity index (χ1n) is 8.18. The lowest BCUT2D eigenvalue weighted by Gasteiger charge is -2.37. The molecule has 0 saturated carbocycles. The van der Waals surface area contributed by atoms with Crippen LogP contribution < -0.4 is 4.90 Å². The number of nitriles is 1. The van der Waals surface area contributed by atoms with Gasteiger partial charge in [0.15, 0.2) is 0 Å². The van der Waals surface area contributed by atoms with E-state index in [2.05, 4.69) is 0 Å². The zero-order chi connectivity index (χ0) is 17.8. The maximum Gasteiger partial charge on any atom is 0.143 e. The standard InChI is InChI=1S/C19H19F2N3O/c20-16-5-2-1-4-14(16)19(25)13-23-8-10-24(11-9-23)18-7-3-6-17(21)15(18)12-22/h1-7,19,25H,8-11,13H2. The minimum Gasteiger partial charge on any atom is -0.387 e. The predicted octanol–water partition coefficient (Wildman–Crippen LogP) is 2.69. The van der Waals surface area contributed by atoms with Gasteiger partial charge >= 0.3 is 0 Å². The van der Waals surface area contributed by atoms with Gasteiger partial charge in [0, 0.05) is 38.3 Å². The molecule has 1 aliphatic rings. The number of aliphatic hydroxyl groups excluding tert-OH is 1. The average Bonchev–Trinajstić information content (AvgIpc) is 2.62. The molecule has 0 amide bonds. The van der Waals surface area contributed by atoms with Crippen molar-refractivity contribution in [3.63, 3.8) is 0 Å². The molecule has 4 nitrogen and oxygen atoms in total.